The molecule has 8 nitrogen and oxygen atoms in total. The molecule has 12 aromatic carbocycles. The van der Waals surface area contributed by atoms with Gasteiger partial charge in [-0.25, -0.2) is 0 Å². The molecule has 4 heterocycles. The van der Waals surface area contributed by atoms with Crippen molar-refractivity contribution in [2.75, 3.05) is 0 Å². The Kier molecular flexibility index (Phi) is 11.7. The van der Waals surface area contributed by atoms with Gasteiger partial charge in [0.1, 0.15) is 12.1 Å². The Labute approximate surface area is 506 Å². The smallest absolute Gasteiger partial charge is 0.101 e. The van der Waals surface area contributed by atoms with Gasteiger partial charge in [0.2, 0.25) is 0 Å². The van der Waals surface area contributed by atoms with E-state index in [0.717, 1.165) is 154 Å². The lowest BCUT2D eigenvalue weighted by atomic mass is 9.96. The summed E-state index contributed by atoms with van der Waals surface area (Å²) in [5.41, 5.74) is 22.6. The number of rotatable bonds is 8. The van der Waals surface area contributed by atoms with Crippen LogP contribution in [0.1, 0.15) is 50.1 Å². The molecule has 16 rings (SSSR count). The summed E-state index contributed by atoms with van der Waals surface area (Å²) in [4.78, 5) is 0. The summed E-state index contributed by atoms with van der Waals surface area (Å²) in [6.07, 6.45) is 0.659. The van der Waals surface area contributed by atoms with Gasteiger partial charge in [0.25, 0.3) is 0 Å². The Bertz CT molecular complexity index is 5890. The number of nitrogens with zero attached hydrogens (tertiary/aromatic N) is 8. The summed E-state index contributed by atoms with van der Waals surface area (Å²) in [5, 5.41) is 51.8. The van der Waals surface area contributed by atoms with Gasteiger partial charge in [0, 0.05) is 54.2 Å². The molecule has 0 fully saturated rings. The molecule has 0 spiro atoms. The molecule has 0 bridgehead atoms. The van der Waals surface area contributed by atoms with Gasteiger partial charge in [0.05, 0.1) is 101 Å². The van der Waals surface area contributed by atoms with Crippen molar-refractivity contribution in [2.24, 2.45) is 0 Å². The number of hydrogen-bond donors (Lipinski definition) is 0. The Balaban J connectivity index is 0.859. The average molecular weight is 1120 g/mol. The highest BCUT2D eigenvalue weighted by Crippen LogP contribution is 2.45. The molecule has 0 atom stereocenters. The first kappa shape index (κ1) is 51.4. The summed E-state index contributed by atoms with van der Waals surface area (Å²) in [5.74, 6) is 0. The first-order valence-electron chi connectivity index (χ1n) is 29.4. The lowest BCUT2D eigenvalue weighted by molar-refractivity contribution is 1.13. The van der Waals surface area contributed by atoms with Crippen LogP contribution in [0.4, 0.5) is 0 Å². The molecule has 0 aliphatic carbocycles. The van der Waals surface area contributed by atoms with Crippen LogP contribution >= 0.6 is 0 Å². The monoisotopic (exact) mass is 1120 g/mol. The van der Waals surface area contributed by atoms with E-state index < -0.39 is 0 Å². The van der Waals surface area contributed by atoms with Crippen LogP contribution in [0.2, 0.25) is 0 Å². The third-order valence-corrected chi connectivity index (χ3v) is 18.0. The van der Waals surface area contributed by atoms with Crippen LogP contribution in [0.15, 0.2) is 237 Å². The van der Waals surface area contributed by atoms with Crippen LogP contribution in [0.3, 0.4) is 0 Å². The third-order valence-electron chi connectivity index (χ3n) is 18.0. The Morgan fingerprint density at radius 2 is 0.705 bits per heavy atom. The third kappa shape index (κ3) is 7.88. The first-order valence-corrected chi connectivity index (χ1v) is 29.4. The normalized spacial score (nSPS) is 11.6. The van der Waals surface area contributed by atoms with Gasteiger partial charge in [-0.3, -0.25) is 0 Å². The maximum absolute atomic E-state index is 11.3. The molecule has 0 radical (unpaired) electrons. The van der Waals surface area contributed by atoms with Gasteiger partial charge >= 0.3 is 0 Å². The summed E-state index contributed by atoms with van der Waals surface area (Å²) in [6.45, 7) is 6.39. The molecule has 0 unspecified atom stereocenters. The second-order valence-corrected chi connectivity index (χ2v) is 23.2. The topological polar surface area (TPSA) is 115 Å². The van der Waals surface area contributed by atoms with Crippen LogP contribution in [0.25, 0.3) is 132 Å². The first-order chi connectivity index (χ1) is 43.2. The predicted molar refractivity (Wildman–Crippen MR) is 357 cm³/mol. The largest absolute Gasteiger partial charge is 0.309 e. The lowest BCUT2D eigenvalue weighted by Gasteiger charge is -2.19. The van der Waals surface area contributed by atoms with Crippen LogP contribution < -0.4 is 0 Å². The number of benzene rings is 12. The van der Waals surface area contributed by atoms with Crippen molar-refractivity contribution in [3.63, 3.8) is 0 Å². The zero-order chi connectivity index (χ0) is 59.5. The van der Waals surface area contributed by atoms with Crippen LogP contribution in [-0.2, 0) is 6.42 Å². The number of para-hydroxylation sites is 4. The van der Waals surface area contributed by atoms with E-state index in [4.69, 9.17) is 0 Å². The van der Waals surface area contributed by atoms with E-state index in [1.807, 2.05) is 60.7 Å². The quantitative estimate of drug-likeness (QED) is 0.151. The number of nitriles is 4. The minimum atomic E-state index is 0.523. The SMILES string of the molecule is Cc1ccc2c(c1)c1ccccc1n2-c1cc(-c2cccc(C#N)c2)c(-n2c3ccccc3c3cc(Cc4cc5c6ccccc6n(-c6cc(C#N)c(-n7c8ccccc8c8ccc(C)cc87)cc6-c6cccc(C#N)c6)c5cc4C)ccc32)cc1C#N. The maximum atomic E-state index is 11.3. The van der Waals surface area contributed by atoms with Crippen LogP contribution in [0, 0.1) is 66.1 Å². The molecular formula is C80H50N8. The second-order valence-electron chi connectivity index (χ2n) is 23.2. The minimum Gasteiger partial charge on any atom is -0.309 e. The van der Waals surface area contributed by atoms with E-state index in [9.17, 15) is 21.0 Å². The molecule has 0 aliphatic rings. The molecule has 0 saturated heterocycles. The van der Waals surface area contributed by atoms with Crippen molar-refractivity contribution in [2.45, 2.75) is 27.2 Å². The summed E-state index contributed by atoms with van der Waals surface area (Å²) >= 11 is 0. The van der Waals surface area contributed by atoms with Gasteiger partial charge in [0.15, 0.2) is 0 Å². The van der Waals surface area contributed by atoms with Crippen molar-refractivity contribution >= 4 is 87.2 Å². The summed E-state index contributed by atoms with van der Waals surface area (Å²) < 4.78 is 9.02. The van der Waals surface area contributed by atoms with E-state index in [1.165, 1.54) is 5.56 Å². The van der Waals surface area contributed by atoms with Crippen molar-refractivity contribution in [3.8, 4) is 69.3 Å². The zero-order valence-corrected chi connectivity index (χ0v) is 48.3. The molecule has 0 aliphatic heterocycles. The Hall–Kier alpha value is -12.2. The lowest BCUT2D eigenvalue weighted by Crippen LogP contribution is -2.04. The van der Waals surface area contributed by atoms with Crippen molar-refractivity contribution in [1.29, 1.82) is 21.0 Å². The van der Waals surface area contributed by atoms with E-state index in [1.54, 1.807) is 0 Å². The summed E-state index contributed by atoms with van der Waals surface area (Å²) in [6, 6.07) is 92.0. The number of fused-ring (bicyclic) bond motifs is 12. The van der Waals surface area contributed by atoms with Crippen LogP contribution in [-0.4, -0.2) is 18.3 Å². The predicted octanol–water partition coefficient (Wildman–Crippen LogP) is 19.4. The molecule has 0 amide bonds. The molecular weight excluding hydrogens is 1070 g/mol. The second kappa shape index (κ2) is 20.0. The molecule has 0 N–H and O–H groups in total. The van der Waals surface area contributed by atoms with Crippen molar-refractivity contribution < 1.29 is 0 Å². The van der Waals surface area contributed by atoms with Gasteiger partial charge in [-0.05, 0) is 176 Å². The van der Waals surface area contributed by atoms with E-state index in [-0.39, 0.29) is 0 Å². The molecule has 88 heavy (non-hydrogen) atoms. The van der Waals surface area contributed by atoms with E-state index >= 15 is 0 Å². The fourth-order valence-corrected chi connectivity index (χ4v) is 14.0. The Morgan fingerprint density at radius 3 is 1.24 bits per heavy atom. The Morgan fingerprint density at radius 1 is 0.295 bits per heavy atom. The fourth-order valence-electron chi connectivity index (χ4n) is 14.0. The molecule has 4 aromatic heterocycles. The van der Waals surface area contributed by atoms with Crippen molar-refractivity contribution in [1.82, 2.24) is 18.3 Å². The fraction of sp³-hybridized carbons (Fsp3) is 0.0500. The van der Waals surface area contributed by atoms with E-state index in [2.05, 4.69) is 239 Å². The number of hydrogen-bond acceptors (Lipinski definition) is 4. The van der Waals surface area contributed by atoms with Crippen LogP contribution in [0.5, 0.6) is 0 Å². The minimum absolute atomic E-state index is 0.523. The van der Waals surface area contributed by atoms with Gasteiger partial charge in [-0.15, -0.1) is 0 Å². The standard InChI is InChI=1S/C80H50N8/c1-48-27-30-73-66(32-48)60-19-5-9-23-70(60)85(73)75-42-64(54-16-12-14-52(36-54)44-81)79(40-57(75)46-83)86-71-24-10-6-20-61(71)67-38-51(28-31-74(67)86)35-56-39-68-62-21-7-11-25-72(62)88(78(68)34-50(56)3)80-41-58(47-84)76(43-65(80)55-17-13-15-53(37-55)45-82)87-69-22-8-4-18-59(69)63-29-26-49(2)33-77(63)87/h4-34,36-43H,35H2,1-3H3. The summed E-state index contributed by atoms with van der Waals surface area (Å²) in [7, 11) is 0. The average Bonchev–Trinajstić information content (AvgIpc) is 1.66. The van der Waals surface area contributed by atoms with Gasteiger partial charge < -0.3 is 18.3 Å². The number of aryl methyl sites for hydroxylation is 3. The number of aromatic nitrogens is 4. The van der Waals surface area contributed by atoms with Crippen molar-refractivity contribution in [3.05, 3.63) is 287 Å². The zero-order valence-electron chi connectivity index (χ0n) is 48.3. The highest BCUT2D eigenvalue weighted by atomic mass is 15.0. The maximum Gasteiger partial charge on any atom is 0.101 e. The van der Waals surface area contributed by atoms with Gasteiger partial charge in [-0.2, -0.15) is 21.0 Å². The highest BCUT2D eigenvalue weighted by molar-refractivity contribution is 6.14. The highest BCUT2D eigenvalue weighted by Gasteiger charge is 2.26. The molecule has 8 heteroatoms. The molecule has 16 aromatic rings. The molecule has 410 valence electrons. The van der Waals surface area contributed by atoms with E-state index in [0.29, 0.717) is 28.7 Å². The van der Waals surface area contributed by atoms with Gasteiger partial charge in [-0.1, -0.05) is 127 Å². The molecule has 0 saturated carbocycles.